The predicted octanol–water partition coefficient (Wildman–Crippen LogP) is 4.62. The molecule has 1 aromatic carbocycles. The minimum atomic E-state index is -4.47. The van der Waals surface area contributed by atoms with E-state index in [1.807, 2.05) is 6.92 Å². The van der Waals surface area contributed by atoms with E-state index < -0.39 is 11.7 Å². The number of imidazole rings is 2. The summed E-state index contributed by atoms with van der Waals surface area (Å²) < 4.78 is 43.3. The fourth-order valence-electron chi connectivity index (χ4n) is 2.98. The van der Waals surface area contributed by atoms with Crippen molar-refractivity contribution in [3.05, 3.63) is 70.9 Å². The smallest absolute Gasteiger partial charge is 0.325 e. The highest BCUT2D eigenvalue weighted by Gasteiger charge is 2.34. The SMILES string of the molecule is Cc1c(Cn2ccnc2-c2ccccc2C(F)(F)F)nc2ccc(Cl)nn12. The van der Waals surface area contributed by atoms with Crippen LogP contribution in [0.3, 0.4) is 0 Å². The third-order valence-electron chi connectivity index (χ3n) is 4.28. The number of benzene rings is 1. The molecule has 0 atom stereocenters. The molecule has 5 nitrogen and oxygen atoms in total. The van der Waals surface area contributed by atoms with Gasteiger partial charge in [0.25, 0.3) is 0 Å². The van der Waals surface area contributed by atoms with Gasteiger partial charge < -0.3 is 4.57 Å². The minimum Gasteiger partial charge on any atom is -0.325 e. The summed E-state index contributed by atoms with van der Waals surface area (Å²) >= 11 is 5.93. The first kappa shape index (κ1) is 17.5. The molecule has 0 amide bonds. The van der Waals surface area contributed by atoms with Crippen molar-refractivity contribution in [2.75, 3.05) is 0 Å². The number of rotatable bonds is 3. The molecular formula is C18H13ClF3N5. The average molecular weight is 392 g/mol. The molecule has 9 heteroatoms. The lowest BCUT2D eigenvalue weighted by Crippen LogP contribution is -2.10. The zero-order valence-corrected chi connectivity index (χ0v) is 14.8. The molecule has 0 saturated heterocycles. The number of alkyl halides is 3. The van der Waals surface area contributed by atoms with Crippen molar-refractivity contribution in [3.63, 3.8) is 0 Å². The van der Waals surface area contributed by atoms with Gasteiger partial charge in [0.15, 0.2) is 5.65 Å². The molecule has 0 aliphatic carbocycles. The van der Waals surface area contributed by atoms with Gasteiger partial charge in [0, 0.05) is 18.0 Å². The normalized spacial score (nSPS) is 12.0. The lowest BCUT2D eigenvalue weighted by molar-refractivity contribution is -0.137. The van der Waals surface area contributed by atoms with E-state index >= 15 is 0 Å². The van der Waals surface area contributed by atoms with Crippen molar-refractivity contribution < 1.29 is 13.2 Å². The fourth-order valence-corrected chi connectivity index (χ4v) is 3.12. The molecule has 4 aromatic rings. The van der Waals surface area contributed by atoms with Crippen LogP contribution in [-0.4, -0.2) is 24.1 Å². The van der Waals surface area contributed by atoms with Gasteiger partial charge in [0.1, 0.15) is 11.0 Å². The summed E-state index contributed by atoms with van der Waals surface area (Å²) in [5.41, 5.74) is 1.35. The van der Waals surface area contributed by atoms with Crippen LogP contribution in [0, 0.1) is 6.92 Å². The molecule has 0 radical (unpaired) electrons. The maximum absolute atomic E-state index is 13.4. The van der Waals surface area contributed by atoms with Gasteiger partial charge in [0.2, 0.25) is 0 Å². The highest BCUT2D eigenvalue weighted by Crippen LogP contribution is 2.36. The Morgan fingerprint density at radius 3 is 2.67 bits per heavy atom. The minimum absolute atomic E-state index is 0.0255. The monoisotopic (exact) mass is 391 g/mol. The summed E-state index contributed by atoms with van der Waals surface area (Å²) in [6.45, 7) is 2.09. The maximum Gasteiger partial charge on any atom is 0.417 e. The largest absolute Gasteiger partial charge is 0.417 e. The first-order chi connectivity index (χ1) is 12.8. The zero-order valence-electron chi connectivity index (χ0n) is 14.1. The maximum atomic E-state index is 13.4. The summed E-state index contributed by atoms with van der Waals surface area (Å²) in [6, 6.07) is 8.76. The molecule has 0 saturated carbocycles. The van der Waals surface area contributed by atoms with Crippen molar-refractivity contribution in [1.82, 2.24) is 24.1 Å². The topological polar surface area (TPSA) is 48.0 Å². The Morgan fingerprint density at radius 1 is 1.11 bits per heavy atom. The van der Waals surface area contributed by atoms with Crippen molar-refractivity contribution in [2.45, 2.75) is 19.6 Å². The molecule has 138 valence electrons. The first-order valence-corrected chi connectivity index (χ1v) is 8.41. The zero-order chi connectivity index (χ0) is 19.2. The van der Waals surface area contributed by atoms with Gasteiger partial charge in [-0.3, -0.25) is 0 Å². The number of aromatic nitrogens is 5. The lowest BCUT2D eigenvalue weighted by Gasteiger charge is -2.13. The summed E-state index contributed by atoms with van der Waals surface area (Å²) in [7, 11) is 0. The molecule has 27 heavy (non-hydrogen) atoms. The number of nitrogens with zero attached hydrogens (tertiary/aromatic N) is 5. The van der Waals surface area contributed by atoms with Gasteiger partial charge in [-0.05, 0) is 25.1 Å². The van der Waals surface area contributed by atoms with Crippen LogP contribution in [0.2, 0.25) is 5.15 Å². The summed E-state index contributed by atoms with van der Waals surface area (Å²) in [5.74, 6) is 0.227. The van der Waals surface area contributed by atoms with Crippen LogP contribution in [0.15, 0.2) is 48.8 Å². The van der Waals surface area contributed by atoms with E-state index in [4.69, 9.17) is 11.6 Å². The van der Waals surface area contributed by atoms with Crippen molar-refractivity contribution in [2.24, 2.45) is 0 Å². The first-order valence-electron chi connectivity index (χ1n) is 8.03. The average Bonchev–Trinajstić information content (AvgIpc) is 3.20. The molecule has 0 bridgehead atoms. The second-order valence-corrected chi connectivity index (χ2v) is 6.38. The molecule has 4 rings (SSSR count). The Morgan fingerprint density at radius 2 is 1.89 bits per heavy atom. The molecular weight excluding hydrogens is 379 g/mol. The van der Waals surface area contributed by atoms with E-state index in [1.165, 1.54) is 18.3 Å². The van der Waals surface area contributed by atoms with Gasteiger partial charge in [-0.25, -0.2) is 14.5 Å². The van der Waals surface area contributed by atoms with Gasteiger partial charge >= 0.3 is 6.18 Å². The third-order valence-corrected chi connectivity index (χ3v) is 4.48. The highest BCUT2D eigenvalue weighted by molar-refractivity contribution is 6.29. The van der Waals surface area contributed by atoms with Crippen LogP contribution in [-0.2, 0) is 12.7 Å². The molecule has 0 N–H and O–H groups in total. The number of hydrogen-bond donors (Lipinski definition) is 0. The quantitative estimate of drug-likeness (QED) is 0.512. The van der Waals surface area contributed by atoms with Crippen molar-refractivity contribution in [1.29, 1.82) is 0 Å². The van der Waals surface area contributed by atoms with Gasteiger partial charge in [-0.15, -0.1) is 0 Å². The van der Waals surface area contributed by atoms with E-state index in [-0.39, 0.29) is 17.9 Å². The molecule has 0 spiro atoms. The van der Waals surface area contributed by atoms with Crippen molar-refractivity contribution >= 4 is 17.2 Å². The van der Waals surface area contributed by atoms with Crippen LogP contribution < -0.4 is 0 Å². The number of aryl methyl sites for hydroxylation is 1. The molecule has 0 aliphatic heterocycles. The van der Waals surface area contributed by atoms with E-state index in [2.05, 4.69) is 15.1 Å². The fraction of sp³-hybridized carbons (Fsp3) is 0.167. The summed E-state index contributed by atoms with van der Waals surface area (Å²) in [6.07, 6.45) is -1.36. The van der Waals surface area contributed by atoms with Crippen molar-refractivity contribution in [3.8, 4) is 11.4 Å². The van der Waals surface area contributed by atoms with E-state index in [0.717, 1.165) is 11.8 Å². The molecule has 0 aliphatic rings. The Hall–Kier alpha value is -2.87. The number of halogens is 4. The van der Waals surface area contributed by atoms with Gasteiger partial charge in [0.05, 0.1) is 23.5 Å². The third kappa shape index (κ3) is 3.16. The number of fused-ring (bicyclic) bond motifs is 1. The Labute approximate surface area is 157 Å². The second kappa shape index (κ2) is 6.38. The highest BCUT2D eigenvalue weighted by atomic mass is 35.5. The summed E-state index contributed by atoms with van der Waals surface area (Å²) in [5, 5.41) is 4.53. The van der Waals surface area contributed by atoms with E-state index in [1.54, 1.807) is 33.5 Å². The van der Waals surface area contributed by atoms with Crippen LogP contribution in [0.25, 0.3) is 17.0 Å². The van der Waals surface area contributed by atoms with Gasteiger partial charge in [-0.2, -0.15) is 18.3 Å². The lowest BCUT2D eigenvalue weighted by atomic mass is 10.1. The molecule has 3 aromatic heterocycles. The van der Waals surface area contributed by atoms with Crippen LogP contribution in [0.4, 0.5) is 13.2 Å². The van der Waals surface area contributed by atoms with E-state index in [9.17, 15) is 13.2 Å². The molecule has 3 heterocycles. The van der Waals surface area contributed by atoms with Gasteiger partial charge in [-0.1, -0.05) is 29.8 Å². The Bertz CT molecular complexity index is 1130. The standard InChI is InChI=1S/C18H13ClF3N5/c1-11-14(24-16-7-6-15(19)25-27(11)16)10-26-9-8-23-17(26)12-4-2-3-5-13(12)18(20,21)22/h2-9H,10H2,1H3. The van der Waals surface area contributed by atoms with E-state index in [0.29, 0.717) is 16.5 Å². The Kier molecular flexibility index (Phi) is 4.15. The molecule has 0 unspecified atom stereocenters. The Balaban J connectivity index is 1.78. The summed E-state index contributed by atoms with van der Waals surface area (Å²) in [4.78, 5) is 8.65. The number of hydrogen-bond acceptors (Lipinski definition) is 3. The predicted molar refractivity (Wildman–Crippen MR) is 94.5 cm³/mol. The van der Waals surface area contributed by atoms with Crippen LogP contribution in [0.1, 0.15) is 17.0 Å². The van der Waals surface area contributed by atoms with Crippen LogP contribution in [0.5, 0.6) is 0 Å². The second-order valence-electron chi connectivity index (χ2n) is 5.99. The van der Waals surface area contributed by atoms with Crippen LogP contribution >= 0.6 is 11.6 Å². The molecule has 0 fully saturated rings.